The molecule has 29 heavy (non-hydrogen) atoms. The summed E-state index contributed by atoms with van der Waals surface area (Å²) in [4.78, 5) is 15.2. The number of rotatable bonds is 4. The largest absolute Gasteiger partial charge is 0.388 e. The third kappa shape index (κ3) is 4.09. The molecule has 2 N–H and O–H groups in total. The Hall–Kier alpha value is -1.44. The molecule has 1 aromatic heterocycles. The van der Waals surface area contributed by atoms with Gasteiger partial charge in [-0.15, -0.1) is 0 Å². The number of carbonyl (C=O) groups excluding carboxylic acids is 1. The molecule has 3 heterocycles. The Morgan fingerprint density at radius 3 is 2.62 bits per heavy atom. The van der Waals surface area contributed by atoms with E-state index in [1.165, 1.54) is 5.56 Å². The number of hydrogen-bond acceptors (Lipinski definition) is 5. The molecule has 1 spiro atoms. The molecule has 1 saturated carbocycles. The molecule has 1 aliphatic carbocycles. The fraction of sp³-hybridized carbons (Fsp3) is 0.818. The van der Waals surface area contributed by atoms with Gasteiger partial charge in [-0.25, -0.2) is 0 Å². The maximum Gasteiger partial charge on any atom is 0.223 e. The third-order valence-corrected chi connectivity index (χ3v) is 7.46. The van der Waals surface area contributed by atoms with Crippen molar-refractivity contribution in [3.05, 3.63) is 17.5 Å². The monoisotopic (exact) mass is 404 g/mol. The van der Waals surface area contributed by atoms with E-state index in [4.69, 9.17) is 4.74 Å². The summed E-state index contributed by atoms with van der Waals surface area (Å²) in [6, 6.07) is 0. The minimum absolute atomic E-state index is 0.113. The molecule has 4 rings (SSSR count). The highest BCUT2D eigenvalue weighted by molar-refractivity contribution is 5.79. The van der Waals surface area contributed by atoms with Crippen LogP contribution in [0.25, 0.3) is 0 Å². The minimum atomic E-state index is -0.684. The van der Waals surface area contributed by atoms with E-state index in [0.717, 1.165) is 63.9 Å². The van der Waals surface area contributed by atoms with Crippen LogP contribution in [-0.4, -0.2) is 62.6 Å². The first-order valence-corrected chi connectivity index (χ1v) is 11.2. The summed E-state index contributed by atoms with van der Waals surface area (Å²) in [6.07, 6.45) is 7.84. The molecular weight excluding hydrogens is 368 g/mol. The van der Waals surface area contributed by atoms with Crippen molar-refractivity contribution in [2.45, 2.75) is 82.6 Å². The lowest BCUT2D eigenvalue weighted by Crippen LogP contribution is -2.69. The van der Waals surface area contributed by atoms with E-state index in [-0.39, 0.29) is 11.8 Å². The van der Waals surface area contributed by atoms with E-state index in [0.29, 0.717) is 13.0 Å². The van der Waals surface area contributed by atoms with Crippen molar-refractivity contribution in [2.75, 3.05) is 19.7 Å². The predicted molar refractivity (Wildman–Crippen MR) is 110 cm³/mol. The molecule has 162 valence electrons. The highest BCUT2D eigenvalue weighted by Gasteiger charge is 2.54. The summed E-state index contributed by atoms with van der Waals surface area (Å²) in [5.74, 6) is 0.230. The number of amides is 1. The fourth-order valence-corrected chi connectivity index (χ4v) is 5.52. The molecule has 3 aliphatic rings. The van der Waals surface area contributed by atoms with E-state index in [2.05, 4.69) is 21.5 Å². The van der Waals surface area contributed by atoms with Gasteiger partial charge in [-0.3, -0.25) is 14.4 Å². The smallest absolute Gasteiger partial charge is 0.223 e. The van der Waals surface area contributed by atoms with Crippen LogP contribution < -0.4 is 5.32 Å². The lowest BCUT2D eigenvalue weighted by atomic mass is 9.73. The number of aliphatic hydroxyl groups excluding tert-OH is 1. The number of piperidine rings is 1. The molecule has 2 aliphatic heterocycles. The van der Waals surface area contributed by atoms with Gasteiger partial charge < -0.3 is 15.2 Å². The molecule has 7 nitrogen and oxygen atoms in total. The molecule has 0 bridgehead atoms. The fourth-order valence-electron chi connectivity index (χ4n) is 5.52. The number of aliphatic hydroxyl groups is 1. The van der Waals surface area contributed by atoms with Crippen LogP contribution in [0.1, 0.15) is 63.1 Å². The zero-order valence-corrected chi connectivity index (χ0v) is 18.1. The number of hydrogen-bond donors (Lipinski definition) is 2. The number of aryl methyl sites for hydroxylation is 2. The second-order valence-electron chi connectivity index (χ2n) is 9.64. The average Bonchev–Trinajstić information content (AvgIpc) is 3.32. The highest BCUT2D eigenvalue weighted by Crippen LogP contribution is 2.40. The van der Waals surface area contributed by atoms with Gasteiger partial charge in [0.2, 0.25) is 5.91 Å². The zero-order chi connectivity index (χ0) is 20.6. The topological polar surface area (TPSA) is 79.6 Å². The van der Waals surface area contributed by atoms with Gasteiger partial charge in [0, 0.05) is 51.0 Å². The maximum atomic E-state index is 12.7. The van der Waals surface area contributed by atoms with E-state index >= 15 is 0 Å². The predicted octanol–water partition coefficient (Wildman–Crippen LogP) is 1.91. The Balaban J connectivity index is 1.39. The molecule has 2 atom stereocenters. The molecule has 3 fully saturated rings. The zero-order valence-electron chi connectivity index (χ0n) is 18.1. The molecular formula is C22H36N4O3. The number of nitrogens with zero attached hydrogens (tertiary/aromatic N) is 3. The van der Waals surface area contributed by atoms with Crippen molar-refractivity contribution in [3.63, 3.8) is 0 Å². The highest BCUT2D eigenvalue weighted by atomic mass is 16.5. The summed E-state index contributed by atoms with van der Waals surface area (Å²) in [7, 11) is 1.95. The molecule has 0 aromatic carbocycles. The minimum Gasteiger partial charge on any atom is -0.388 e. The van der Waals surface area contributed by atoms with E-state index in [9.17, 15) is 9.90 Å². The van der Waals surface area contributed by atoms with Crippen molar-refractivity contribution >= 4 is 5.91 Å². The SMILES string of the molecule is Cc1nn(C)cc1CN1CCC2(CC1)OCC[C@@](C)(NC(=O)C1CCCC1)[C@@H]2O. The third-order valence-electron chi connectivity index (χ3n) is 7.46. The van der Waals surface area contributed by atoms with Crippen LogP contribution in [0.5, 0.6) is 0 Å². The van der Waals surface area contributed by atoms with Crippen LogP contribution in [0.2, 0.25) is 0 Å². The van der Waals surface area contributed by atoms with Gasteiger partial charge in [0.25, 0.3) is 0 Å². The number of carbonyl (C=O) groups is 1. The summed E-state index contributed by atoms with van der Waals surface area (Å²) < 4.78 is 8.07. The lowest BCUT2D eigenvalue weighted by molar-refractivity contribution is -0.208. The molecule has 2 saturated heterocycles. The molecule has 7 heteroatoms. The van der Waals surface area contributed by atoms with E-state index in [1.54, 1.807) is 0 Å². The molecule has 1 amide bonds. The second-order valence-corrected chi connectivity index (χ2v) is 9.64. The van der Waals surface area contributed by atoms with Gasteiger partial charge in [-0.2, -0.15) is 5.10 Å². The molecule has 1 aromatic rings. The quantitative estimate of drug-likeness (QED) is 0.801. The van der Waals surface area contributed by atoms with Crippen molar-refractivity contribution < 1.29 is 14.6 Å². The second kappa shape index (κ2) is 8.00. The van der Waals surface area contributed by atoms with Gasteiger partial charge in [0.05, 0.1) is 16.8 Å². The van der Waals surface area contributed by atoms with Crippen LogP contribution in [-0.2, 0) is 23.1 Å². The number of ether oxygens (including phenoxy) is 1. The van der Waals surface area contributed by atoms with Gasteiger partial charge in [-0.1, -0.05) is 12.8 Å². The Morgan fingerprint density at radius 2 is 2.00 bits per heavy atom. The van der Waals surface area contributed by atoms with Gasteiger partial charge in [0.1, 0.15) is 6.10 Å². The summed E-state index contributed by atoms with van der Waals surface area (Å²) in [5.41, 5.74) is 1.15. The van der Waals surface area contributed by atoms with Crippen molar-refractivity contribution in [1.29, 1.82) is 0 Å². The number of likely N-dealkylation sites (tertiary alicyclic amines) is 1. The lowest BCUT2D eigenvalue weighted by Gasteiger charge is -2.53. The standard InChI is InChI=1S/C22H36N4O3/c1-16-18(14-25(3)24-16)15-26-11-8-22(9-12-26)20(28)21(2,10-13-29-22)23-19(27)17-6-4-5-7-17/h14,17,20,28H,4-13,15H2,1-3H3,(H,23,27)/t20-,21+/m0/s1. The van der Waals surface area contributed by atoms with Crippen molar-refractivity contribution in [3.8, 4) is 0 Å². The maximum absolute atomic E-state index is 12.7. The molecule has 0 radical (unpaired) electrons. The number of aromatic nitrogens is 2. The van der Waals surface area contributed by atoms with Crippen LogP contribution in [0, 0.1) is 12.8 Å². The number of nitrogens with one attached hydrogen (secondary N) is 1. The van der Waals surface area contributed by atoms with Crippen LogP contribution in [0.15, 0.2) is 6.20 Å². The van der Waals surface area contributed by atoms with Gasteiger partial charge in [0.15, 0.2) is 0 Å². The average molecular weight is 405 g/mol. The van der Waals surface area contributed by atoms with Gasteiger partial charge in [-0.05, 0) is 46.0 Å². The van der Waals surface area contributed by atoms with Crippen LogP contribution >= 0.6 is 0 Å². The summed E-state index contributed by atoms with van der Waals surface area (Å²) in [5, 5.41) is 19.0. The first-order valence-electron chi connectivity index (χ1n) is 11.2. The van der Waals surface area contributed by atoms with Crippen molar-refractivity contribution in [1.82, 2.24) is 20.0 Å². The Kier molecular flexibility index (Phi) is 5.75. The Labute approximate surface area is 173 Å². The Bertz CT molecular complexity index is 734. The van der Waals surface area contributed by atoms with E-state index < -0.39 is 17.2 Å². The van der Waals surface area contributed by atoms with Crippen LogP contribution in [0.4, 0.5) is 0 Å². The molecule has 0 unspecified atom stereocenters. The normalized spacial score (nSPS) is 30.7. The summed E-state index contributed by atoms with van der Waals surface area (Å²) in [6.45, 7) is 7.26. The first-order chi connectivity index (χ1) is 13.8. The van der Waals surface area contributed by atoms with Gasteiger partial charge >= 0.3 is 0 Å². The van der Waals surface area contributed by atoms with Crippen LogP contribution in [0.3, 0.4) is 0 Å². The van der Waals surface area contributed by atoms with Crippen molar-refractivity contribution in [2.24, 2.45) is 13.0 Å². The first kappa shape index (κ1) is 20.8. The van der Waals surface area contributed by atoms with E-state index in [1.807, 2.05) is 25.6 Å². The Morgan fingerprint density at radius 1 is 1.31 bits per heavy atom. The summed E-state index contributed by atoms with van der Waals surface area (Å²) >= 11 is 0.